The van der Waals surface area contributed by atoms with Gasteiger partial charge in [-0.2, -0.15) is 0 Å². The molecule has 0 spiro atoms. The van der Waals surface area contributed by atoms with E-state index in [9.17, 15) is 14.4 Å². The minimum atomic E-state index is -0.782. The summed E-state index contributed by atoms with van der Waals surface area (Å²) in [6, 6.07) is 0. The van der Waals surface area contributed by atoms with E-state index in [1.54, 1.807) is 0 Å². The molecule has 0 N–H and O–H groups in total. The van der Waals surface area contributed by atoms with Gasteiger partial charge in [0.1, 0.15) is 13.2 Å². The van der Waals surface area contributed by atoms with E-state index in [0.29, 0.717) is 19.3 Å². The maximum Gasteiger partial charge on any atom is 0.306 e. The fourth-order valence-corrected chi connectivity index (χ4v) is 8.92. The Bertz CT molecular complexity index is 1420. The van der Waals surface area contributed by atoms with Gasteiger partial charge >= 0.3 is 17.9 Å². The minimum Gasteiger partial charge on any atom is -0.462 e. The van der Waals surface area contributed by atoms with Gasteiger partial charge in [-0.3, -0.25) is 14.4 Å². The highest BCUT2D eigenvalue weighted by Gasteiger charge is 2.19. The van der Waals surface area contributed by atoms with Crippen LogP contribution < -0.4 is 0 Å². The van der Waals surface area contributed by atoms with Crippen LogP contribution in [0.3, 0.4) is 0 Å². The van der Waals surface area contributed by atoms with Crippen LogP contribution in [0.5, 0.6) is 0 Å². The summed E-state index contributed by atoms with van der Waals surface area (Å²) < 4.78 is 16.9. The number of rotatable bonds is 57. The Morgan fingerprint density at radius 1 is 0.284 bits per heavy atom. The Morgan fingerprint density at radius 3 is 0.878 bits per heavy atom. The van der Waals surface area contributed by atoms with Gasteiger partial charge in [-0.25, -0.2) is 0 Å². The smallest absolute Gasteiger partial charge is 0.306 e. The van der Waals surface area contributed by atoms with Gasteiger partial charge in [0.2, 0.25) is 0 Å². The van der Waals surface area contributed by atoms with Crippen molar-refractivity contribution in [3.8, 4) is 0 Å². The van der Waals surface area contributed by atoms with E-state index < -0.39 is 6.10 Å². The van der Waals surface area contributed by atoms with Gasteiger partial charge in [-0.05, 0) is 89.9 Å². The molecule has 0 amide bonds. The molecule has 6 heteroatoms. The molecule has 0 aromatic heterocycles. The molecular weight excluding hydrogens is 913 g/mol. The zero-order valence-electron chi connectivity index (χ0n) is 48.8. The summed E-state index contributed by atoms with van der Waals surface area (Å²) in [5, 5.41) is 0. The average molecular weight is 1030 g/mol. The lowest BCUT2D eigenvalue weighted by Crippen LogP contribution is -2.30. The van der Waals surface area contributed by atoms with Gasteiger partial charge in [0, 0.05) is 19.3 Å². The second-order valence-corrected chi connectivity index (χ2v) is 20.9. The van der Waals surface area contributed by atoms with Crippen LogP contribution in [0.2, 0.25) is 0 Å². The molecule has 74 heavy (non-hydrogen) atoms. The summed E-state index contributed by atoms with van der Waals surface area (Å²) in [5.74, 6) is -0.884. The Morgan fingerprint density at radius 2 is 0.554 bits per heavy atom. The van der Waals surface area contributed by atoms with E-state index >= 15 is 0 Å². The van der Waals surface area contributed by atoms with Gasteiger partial charge in [0.05, 0.1) is 0 Å². The largest absolute Gasteiger partial charge is 0.462 e. The first kappa shape index (κ1) is 70.6. The van der Waals surface area contributed by atoms with Crippen molar-refractivity contribution in [2.24, 2.45) is 0 Å². The molecule has 0 aromatic carbocycles. The van der Waals surface area contributed by atoms with Crippen LogP contribution in [0.1, 0.15) is 310 Å². The molecule has 0 aromatic rings. The van der Waals surface area contributed by atoms with Crippen LogP contribution in [0.15, 0.2) is 85.1 Å². The van der Waals surface area contributed by atoms with Crippen LogP contribution in [0.25, 0.3) is 0 Å². The lowest BCUT2D eigenvalue weighted by atomic mass is 10.0. The lowest BCUT2D eigenvalue weighted by molar-refractivity contribution is -0.167. The zero-order valence-corrected chi connectivity index (χ0v) is 48.8. The highest BCUT2D eigenvalue weighted by atomic mass is 16.6. The first-order valence-electron chi connectivity index (χ1n) is 31.6. The summed E-state index contributed by atoms with van der Waals surface area (Å²) in [4.78, 5) is 38.3. The predicted octanol–water partition coefficient (Wildman–Crippen LogP) is 21.5. The maximum absolute atomic E-state index is 12.9. The highest BCUT2D eigenvalue weighted by molar-refractivity contribution is 5.71. The molecule has 0 aliphatic heterocycles. The monoisotopic (exact) mass is 1030 g/mol. The molecule has 1 atom stereocenters. The molecule has 0 aliphatic rings. The molecule has 0 bridgehead atoms. The van der Waals surface area contributed by atoms with Gasteiger partial charge in [-0.1, -0.05) is 286 Å². The van der Waals surface area contributed by atoms with Crippen molar-refractivity contribution in [3.63, 3.8) is 0 Å². The van der Waals surface area contributed by atoms with Crippen molar-refractivity contribution in [2.45, 2.75) is 316 Å². The number of carbonyl (C=O) groups is 3. The SMILES string of the molecule is CC/C=C\C/C=C\C/C=C\C/C=C\C/C=C\CCCCCCCCCCCCCC(=O)OCC(COC(=O)CCCCCCC/C=C\C/C=C\CCC)OC(=O)CCCCCCCCCCCCCCCCCC. The van der Waals surface area contributed by atoms with E-state index in [2.05, 4.69) is 106 Å². The highest BCUT2D eigenvalue weighted by Crippen LogP contribution is 2.17. The van der Waals surface area contributed by atoms with Crippen molar-refractivity contribution < 1.29 is 28.6 Å². The standard InChI is InChI=1S/C68H118O6/c1-4-7-10-13-16-19-22-25-27-29-30-31-32-33-34-35-36-37-38-39-41-43-46-49-52-55-58-61-67(70)73-64-65(63-72-66(69)60-57-54-51-48-45-42-24-21-18-15-12-9-6-3)74-68(71)62-59-56-53-50-47-44-40-28-26-23-20-17-14-11-8-5-2/h7,10,12,15-16,19,21,24-25,27,30-31,33-34,65H,4-6,8-9,11,13-14,17-18,20,22-23,26,28-29,32,35-64H2,1-3H3/b10-7-,15-12-,19-16-,24-21-,27-25-,31-30-,34-33-. The minimum absolute atomic E-state index is 0.0797. The van der Waals surface area contributed by atoms with Crippen molar-refractivity contribution in [2.75, 3.05) is 13.2 Å². The molecule has 426 valence electrons. The molecule has 0 aliphatic carbocycles. The predicted molar refractivity (Wildman–Crippen MR) is 321 cm³/mol. The second-order valence-electron chi connectivity index (χ2n) is 20.9. The summed E-state index contributed by atoms with van der Waals surface area (Å²) >= 11 is 0. The summed E-state index contributed by atoms with van der Waals surface area (Å²) in [5.41, 5.74) is 0. The van der Waals surface area contributed by atoms with Crippen molar-refractivity contribution in [3.05, 3.63) is 85.1 Å². The third-order valence-electron chi connectivity index (χ3n) is 13.6. The average Bonchev–Trinajstić information content (AvgIpc) is 3.40. The quantitative estimate of drug-likeness (QED) is 0.0261. The van der Waals surface area contributed by atoms with Gasteiger partial charge in [0.25, 0.3) is 0 Å². The number of hydrogen-bond acceptors (Lipinski definition) is 6. The molecule has 0 rings (SSSR count). The molecule has 1 unspecified atom stereocenters. The number of hydrogen-bond donors (Lipinski definition) is 0. The molecule has 0 fully saturated rings. The van der Waals surface area contributed by atoms with Crippen LogP contribution in [0, 0.1) is 0 Å². The van der Waals surface area contributed by atoms with Crippen LogP contribution in [0.4, 0.5) is 0 Å². The van der Waals surface area contributed by atoms with Gasteiger partial charge < -0.3 is 14.2 Å². The zero-order chi connectivity index (χ0) is 53.6. The van der Waals surface area contributed by atoms with Crippen molar-refractivity contribution in [1.82, 2.24) is 0 Å². The topological polar surface area (TPSA) is 78.9 Å². The Kier molecular flexibility index (Phi) is 59.3. The third-order valence-corrected chi connectivity index (χ3v) is 13.6. The van der Waals surface area contributed by atoms with Crippen LogP contribution in [-0.4, -0.2) is 37.2 Å². The number of allylic oxidation sites excluding steroid dienone is 14. The summed E-state index contributed by atoms with van der Waals surface area (Å²) in [7, 11) is 0. The number of ether oxygens (including phenoxy) is 3. The Labute approximate surface area is 458 Å². The van der Waals surface area contributed by atoms with Crippen molar-refractivity contribution in [1.29, 1.82) is 0 Å². The van der Waals surface area contributed by atoms with E-state index in [-0.39, 0.29) is 31.1 Å². The Hall–Kier alpha value is -3.41. The fraction of sp³-hybridized carbons (Fsp3) is 0.750. The summed E-state index contributed by atoms with van der Waals surface area (Å²) in [6.07, 6.45) is 81.6. The molecular formula is C68H118O6. The normalized spacial score (nSPS) is 12.6. The molecule has 0 heterocycles. The Balaban J connectivity index is 4.27. The number of carbonyl (C=O) groups excluding carboxylic acids is 3. The van der Waals surface area contributed by atoms with E-state index in [1.807, 2.05) is 0 Å². The van der Waals surface area contributed by atoms with E-state index in [4.69, 9.17) is 14.2 Å². The first-order chi connectivity index (χ1) is 36.5. The molecule has 0 saturated heterocycles. The second kappa shape index (κ2) is 62.1. The number of esters is 3. The maximum atomic E-state index is 12.9. The van der Waals surface area contributed by atoms with Gasteiger partial charge in [-0.15, -0.1) is 0 Å². The molecule has 0 saturated carbocycles. The summed E-state index contributed by atoms with van der Waals surface area (Å²) in [6.45, 7) is 6.48. The van der Waals surface area contributed by atoms with E-state index in [1.165, 1.54) is 154 Å². The van der Waals surface area contributed by atoms with Gasteiger partial charge in [0.15, 0.2) is 6.10 Å². The molecule has 0 radical (unpaired) electrons. The third kappa shape index (κ3) is 59.5. The lowest BCUT2D eigenvalue weighted by Gasteiger charge is -2.18. The fourth-order valence-electron chi connectivity index (χ4n) is 8.92. The van der Waals surface area contributed by atoms with Crippen LogP contribution in [-0.2, 0) is 28.6 Å². The first-order valence-corrected chi connectivity index (χ1v) is 31.6. The molecule has 6 nitrogen and oxygen atoms in total. The number of unbranched alkanes of at least 4 members (excludes halogenated alkanes) is 32. The van der Waals surface area contributed by atoms with E-state index in [0.717, 1.165) is 116 Å². The van der Waals surface area contributed by atoms with Crippen molar-refractivity contribution >= 4 is 17.9 Å². The van der Waals surface area contributed by atoms with Crippen LogP contribution >= 0.6 is 0 Å².